The van der Waals surface area contributed by atoms with E-state index >= 15 is 0 Å². The van der Waals surface area contributed by atoms with Crippen LogP contribution in [0.4, 0.5) is 11.8 Å². The molecule has 0 atom stereocenters. The number of aromatic nitrogens is 3. The zero-order valence-electron chi connectivity index (χ0n) is 15.1. The lowest BCUT2D eigenvalue weighted by molar-refractivity contribution is 0.389. The van der Waals surface area contributed by atoms with Gasteiger partial charge in [-0.1, -0.05) is 24.4 Å². The van der Waals surface area contributed by atoms with Crippen molar-refractivity contribution in [2.24, 2.45) is 0 Å². The Balaban J connectivity index is 1.98. The van der Waals surface area contributed by atoms with Crippen molar-refractivity contribution in [3.05, 3.63) is 28.3 Å². The molecule has 1 aliphatic carbocycles. The van der Waals surface area contributed by atoms with Gasteiger partial charge in [-0.25, -0.2) is 4.98 Å². The number of nitrogens with two attached hydrogens (primary N) is 1. The van der Waals surface area contributed by atoms with E-state index in [1.807, 2.05) is 27.7 Å². The first kappa shape index (κ1) is 16.7. The molecule has 24 heavy (non-hydrogen) atoms. The molecule has 2 aromatic rings. The Morgan fingerprint density at radius 2 is 1.75 bits per heavy atom. The predicted molar refractivity (Wildman–Crippen MR) is 95.0 cm³/mol. The number of nitrogens with zero attached hydrogens (tertiary/aromatic N) is 4. The Morgan fingerprint density at radius 3 is 2.33 bits per heavy atom. The number of rotatable bonds is 4. The zero-order chi connectivity index (χ0) is 17.3. The SMILES string of the molecule is Cc1nc(N(Cc2c(C)noc2C)C2CCCCC2)nc(N)c1C. The van der Waals surface area contributed by atoms with Crippen LogP contribution in [-0.2, 0) is 6.54 Å². The van der Waals surface area contributed by atoms with E-state index in [-0.39, 0.29) is 0 Å². The van der Waals surface area contributed by atoms with Crippen LogP contribution in [0.25, 0.3) is 0 Å². The topological polar surface area (TPSA) is 81.1 Å². The van der Waals surface area contributed by atoms with E-state index in [1.54, 1.807) is 0 Å². The van der Waals surface area contributed by atoms with Gasteiger partial charge in [-0.3, -0.25) is 0 Å². The molecule has 0 amide bonds. The highest BCUT2D eigenvalue weighted by Gasteiger charge is 2.26. The third-order valence-electron chi connectivity index (χ3n) is 5.20. The maximum absolute atomic E-state index is 6.11. The maximum atomic E-state index is 6.11. The molecule has 1 fully saturated rings. The average molecular weight is 329 g/mol. The first-order chi connectivity index (χ1) is 11.5. The third-order valence-corrected chi connectivity index (χ3v) is 5.20. The van der Waals surface area contributed by atoms with Crippen molar-refractivity contribution in [3.63, 3.8) is 0 Å². The van der Waals surface area contributed by atoms with Crippen LogP contribution < -0.4 is 10.6 Å². The maximum Gasteiger partial charge on any atom is 0.228 e. The quantitative estimate of drug-likeness (QED) is 0.922. The van der Waals surface area contributed by atoms with Gasteiger partial charge >= 0.3 is 0 Å². The molecule has 0 saturated heterocycles. The number of anilines is 2. The average Bonchev–Trinajstić information content (AvgIpc) is 2.89. The molecular formula is C18H27N5O. The van der Waals surface area contributed by atoms with E-state index in [0.717, 1.165) is 34.2 Å². The highest BCUT2D eigenvalue weighted by atomic mass is 16.5. The van der Waals surface area contributed by atoms with Gasteiger partial charge in [0.05, 0.1) is 12.2 Å². The molecular weight excluding hydrogens is 302 g/mol. The number of hydrogen-bond donors (Lipinski definition) is 1. The van der Waals surface area contributed by atoms with Crippen molar-refractivity contribution in [1.29, 1.82) is 0 Å². The molecule has 6 nitrogen and oxygen atoms in total. The fraction of sp³-hybridized carbons (Fsp3) is 0.611. The van der Waals surface area contributed by atoms with Gasteiger partial charge in [-0.05, 0) is 40.5 Å². The van der Waals surface area contributed by atoms with Gasteiger partial charge in [0.2, 0.25) is 5.95 Å². The monoisotopic (exact) mass is 329 g/mol. The minimum absolute atomic E-state index is 0.439. The van der Waals surface area contributed by atoms with Gasteiger partial charge in [0.15, 0.2) is 0 Å². The minimum Gasteiger partial charge on any atom is -0.383 e. The van der Waals surface area contributed by atoms with Gasteiger partial charge in [0.1, 0.15) is 11.6 Å². The number of aryl methyl sites for hydroxylation is 3. The van der Waals surface area contributed by atoms with Crippen LogP contribution in [0, 0.1) is 27.7 Å². The van der Waals surface area contributed by atoms with Crippen molar-refractivity contribution in [1.82, 2.24) is 15.1 Å². The van der Waals surface area contributed by atoms with E-state index < -0.39 is 0 Å². The molecule has 0 aliphatic heterocycles. The summed E-state index contributed by atoms with van der Waals surface area (Å²) >= 11 is 0. The fourth-order valence-corrected chi connectivity index (χ4v) is 3.42. The second-order valence-corrected chi connectivity index (χ2v) is 6.84. The van der Waals surface area contributed by atoms with Crippen molar-refractivity contribution < 1.29 is 4.52 Å². The molecule has 3 rings (SSSR count). The molecule has 0 spiro atoms. The lowest BCUT2D eigenvalue weighted by Crippen LogP contribution is -2.38. The molecule has 0 radical (unpaired) electrons. The van der Waals surface area contributed by atoms with Crippen molar-refractivity contribution in [2.75, 3.05) is 10.6 Å². The highest BCUT2D eigenvalue weighted by Crippen LogP contribution is 2.29. The van der Waals surface area contributed by atoms with E-state index in [1.165, 1.54) is 32.1 Å². The van der Waals surface area contributed by atoms with Crippen LogP contribution in [0.3, 0.4) is 0 Å². The van der Waals surface area contributed by atoms with Crippen LogP contribution in [0.2, 0.25) is 0 Å². The summed E-state index contributed by atoms with van der Waals surface area (Å²) in [6.45, 7) is 8.62. The van der Waals surface area contributed by atoms with Crippen molar-refractivity contribution >= 4 is 11.8 Å². The van der Waals surface area contributed by atoms with Gasteiger partial charge in [-0.15, -0.1) is 0 Å². The number of nitrogen functional groups attached to an aromatic ring is 1. The summed E-state index contributed by atoms with van der Waals surface area (Å²) < 4.78 is 5.34. The van der Waals surface area contributed by atoms with Crippen LogP contribution >= 0.6 is 0 Å². The van der Waals surface area contributed by atoms with Gasteiger partial charge < -0.3 is 15.2 Å². The van der Waals surface area contributed by atoms with Gasteiger partial charge in [0, 0.05) is 22.9 Å². The standard InChI is InChI=1S/C18H27N5O/c1-11-12(2)20-18(21-17(11)19)23(15-8-6-5-7-9-15)10-16-13(3)22-24-14(16)4/h15H,5-10H2,1-4H3,(H2,19,20,21). The lowest BCUT2D eigenvalue weighted by Gasteiger charge is -2.34. The molecule has 2 aromatic heterocycles. The number of hydrogen-bond acceptors (Lipinski definition) is 6. The predicted octanol–water partition coefficient (Wildman–Crippen LogP) is 3.62. The zero-order valence-corrected chi connectivity index (χ0v) is 15.1. The fourth-order valence-electron chi connectivity index (χ4n) is 3.42. The summed E-state index contributed by atoms with van der Waals surface area (Å²) in [5.41, 5.74) is 10.1. The van der Waals surface area contributed by atoms with Crippen molar-refractivity contribution in [2.45, 2.75) is 72.4 Å². The van der Waals surface area contributed by atoms with E-state index in [2.05, 4.69) is 15.0 Å². The molecule has 0 unspecified atom stereocenters. The lowest BCUT2D eigenvalue weighted by atomic mass is 9.94. The Morgan fingerprint density at radius 1 is 1.04 bits per heavy atom. The Labute approximate surface area is 143 Å². The first-order valence-corrected chi connectivity index (χ1v) is 8.76. The second-order valence-electron chi connectivity index (χ2n) is 6.84. The molecule has 130 valence electrons. The summed E-state index contributed by atoms with van der Waals surface area (Å²) in [5, 5.41) is 4.09. The van der Waals surface area contributed by atoms with Crippen LogP contribution in [-0.4, -0.2) is 21.2 Å². The second kappa shape index (κ2) is 6.79. The van der Waals surface area contributed by atoms with E-state index in [4.69, 9.17) is 15.2 Å². The Hall–Kier alpha value is -2.11. The summed E-state index contributed by atoms with van der Waals surface area (Å²) in [5.74, 6) is 2.16. The van der Waals surface area contributed by atoms with Crippen LogP contribution in [0.1, 0.15) is 60.4 Å². The molecule has 2 heterocycles. The third kappa shape index (κ3) is 3.23. The van der Waals surface area contributed by atoms with Gasteiger partial charge in [0.25, 0.3) is 0 Å². The summed E-state index contributed by atoms with van der Waals surface area (Å²) in [6, 6.07) is 0.439. The Bertz CT molecular complexity index is 676. The summed E-state index contributed by atoms with van der Waals surface area (Å²) in [4.78, 5) is 11.6. The Kier molecular flexibility index (Phi) is 4.73. The molecule has 0 bridgehead atoms. The minimum atomic E-state index is 0.439. The smallest absolute Gasteiger partial charge is 0.228 e. The first-order valence-electron chi connectivity index (χ1n) is 8.76. The normalized spacial score (nSPS) is 15.7. The van der Waals surface area contributed by atoms with Crippen molar-refractivity contribution in [3.8, 4) is 0 Å². The highest BCUT2D eigenvalue weighted by molar-refractivity contribution is 5.48. The molecule has 1 aliphatic rings. The molecule has 2 N–H and O–H groups in total. The van der Waals surface area contributed by atoms with E-state index in [9.17, 15) is 0 Å². The molecule has 1 saturated carbocycles. The largest absolute Gasteiger partial charge is 0.383 e. The molecule has 6 heteroatoms. The van der Waals surface area contributed by atoms with Crippen LogP contribution in [0.5, 0.6) is 0 Å². The molecule has 0 aromatic carbocycles. The van der Waals surface area contributed by atoms with Crippen LogP contribution in [0.15, 0.2) is 4.52 Å². The van der Waals surface area contributed by atoms with E-state index in [0.29, 0.717) is 18.4 Å². The summed E-state index contributed by atoms with van der Waals surface area (Å²) in [6.07, 6.45) is 6.15. The van der Waals surface area contributed by atoms with Gasteiger partial charge in [-0.2, -0.15) is 4.98 Å². The summed E-state index contributed by atoms with van der Waals surface area (Å²) in [7, 11) is 0.